The third kappa shape index (κ3) is 5.17. The highest BCUT2D eigenvalue weighted by molar-refractivity contribution is 5.51. The van der Waals surface area contributed by atoms with Crippen molar-refractivity contribution in [2.24, 2.45) is 5.92 Å². The van der Waals surface area contributed by atoms with Crippen LogP contribution < -0.4 is 14.8 Å². The van der Waals surface area contributed by atoms with E-state index in [2.05, 4.69) is 22.4 Å². The lowest BCUT2D eigenvalue weighted by Gasteiger charge is -2.46. The molecule has 9 heteroatoms. The second-order valence-electron chi connectivity index (χ2n) is 10.2. The van der Waals surface area contributed by atoms with Gasteiger partial charge in [0.25, 0.3) is 5.92 Å². The summed E-state index contributed by atoms with van der Waals surface area (Å²) in [5.41, 5.74) is 3.13. The lowest BCUT2D eigenvalue weighted by molar-refractivity contribution is -0.0932. The first-order chi connectivity index (χ1) is 16.9. The van der Waals surface area contributed by atoms with Crippen molar-refractivity contribution in [1.29, 1.82) is 0 Å². The van der Waals surface area contributed by atoms with Crippen molar-refractivity contribution >= 4 is 0 Å². The molecule has 35 heavy (non-hydrogen) atoms. The van der Waals surface area contributed by atoms with Crippen LogP contribution in [0.3, 0.4) is 0 Å². The fourth-order valence-corrected chi connectivity index (χ4v) is 5.73. The van der Waals surface area contributed by atoms with Gasteiger partial charge >= 0.3 is 0 Å². The van der Waals surface area contributed by atoms with E-state index in [0.29, 0.717) is 36.8 Å². The number of ether oxygens (including phenoxy) is 2. The number of likely N-dealkylation sites (tertiary alicyclic amines) is 1. The van der Waals surface area contributed by atoms with Gasteiger partial charge < -0.3 is 19.9 Å². The van der Waals surface area contributed by atoms with Gasteiger partial charge in [-0.05, 0) is 55.5 Å². The van der Waals surface area contributed by atoms with Gasteiger partial charge in [-0.3, -0.25) is 14.2 Å². The van der Waals surface area contributed by atoms with Gasteiger partial charge in [0.2, 0.25) is 6.79 Å². The number of aliphatic hydroxyl groups is 1. The molecule has 1 aromatic rings. The molecule has 3 aliphatic heterocycles. The van der Waals surface area contributed by atoms with E-state index >= 15 is 0 Å². The number of halogens is 3. The van der Waals surface area contributed by atoms with Crippen LogP contribution >= 0.6 is 0 Å². The van der Waals surface area contributed by atoms with Crippen LogP contribution in [0.25, 0.3) is 0 Å². The number of fused-ring (bicyclic) bond motifs is 2. The number of hydrogen-bond acceptors (Lipinski definition) is 6. The maximum atomic E-state index is 14.4. The molecule has 1 aliphatic carbocycles. The van der Waals surface area contributed by atoms with E-state index in [-0.39, 0.29) is 31.5 Å². The summed E-state index contributed by atoms with van der Waals surface area (Å²) in [6.45, 7) is 2.77. The van der Waals surface area contributed by atoms with Gasteiger partial charge in [0, 0.05) is 43.3 Å². The molecule has 3 heterocycles. The Morgan fingerprint density at radius 1 is 1.20 bits per heavy atom. The Bertz CT molecular complexity index is 980. The number of allylic oxidation sites excluding steroid dienone is 2. The molecule has 1 aromatic carbocycles. The molecule has 1 fully saturated rings. The minimum atomic E-state index is -3.18. The fraction of sp³-hybridized carbons (Fsp3) is 0.615. The van der Waals surface area contributed by atoms with Crippen LogP contribution in [0.5, 0.6) is 11.5 Å². The zero-order chi connectivity index (χ0) is 24.6. The van der Waals surface area contributed by atoms with Crippen LogP contribution in [0, 0.1) is 5.92 Å². The second-order valence-corrected chi connectivity index (χ2v) is 10.2. The quantitative estimate of drug-likeness (QED) is 0.550. The van der Waals surface area contributed by atoms with Gasteiger partial charge in [0.1, 0.15) is 6.61 Å². The van der Waals surface area contributed by atoms with Crippen molar-refractivity contribution in [3.8, 4) is 11.5 Å². The first-order valence-electron chi connectivity index (χ1n) is 12.5. The summed E-state index contributed by atoms with van der Waals surface area (Å²) in [7, 11) is 0. The largest absolute Gasteiger partial charge is 0.454 e. The molecule has 1 unspecified atom stereocenters. The maximum Gasteiger partial charge on any atom is 0.283 e. The molecule has 0 amide bonds. The topological polar surface area (TPSA) is 57.2 Å². The first-order valence-corrected chi connectivity index (χ1v) is 12.5. The van der Waals surface area contributed by atoms with Gasteiger partial charge in [0.05, 0.1) is 19.3 Å². The van der Waals surface area contributed by atoms with Crippen LogP contribution in [0.1, 0.15) is 36.9 Å². The molecule has 2 N–H and O–H groups in total. The van der Waals surface area contributed by atoms with Gasteiger partial charge in [-0.15, -0.1) is 0 Å². The number of alkyl halides is 3. The minimum absolute atomic E-state index is 0.000595. The van der Waals surface area contributed by atoms with Crippen molar-refractivity contribution in [3.63, 3.8) is 0 Å². The van der Waals surface area contributed by atoms with Crippen LogP contribution in [-0.4, -0.2) is 79.2 Å². The summed E-state index contributed by atoms with van der Waals surface area (Å²) >= 11 is 0. The Labute approximate surface area is 204 Å². The molecule has 5 rings (SSSR count). The van der Waals surface area contributed by atoms with Crippen molar-refractivity contribution in [3.05, 3.63) is 47.2 Å². The lowest BCUT2D eigenvalue weighted by Crippen LogP contribution is -2.57. The second kappa shape index (κ2) is 10.0. The highest BCUT2D eigenvalue weighted by Gasteiger charge is 2.43. The van der Waals surface area contributed by atoms with E-state index in [1.165, 1.54) is 0 Å². The zero-order valence-corrected chi connectivity index (χ0v) is 20.1. The van der Waals surface area contributed by atoms with Crippen molar-refractivity contribution < 1.29 is 27.8 Å². The third-order valence-electron chi connectivity index (χ3n) is 7.51. The minimum Gasteiger partial charge on any atom is -0.454 e. The van der Waals surface area contributed by atoms with Gasteiger partial charge in [-0.2, -0.15) is 0 Å². The standard InChI is InChI=1S/C26H34F3N3O3/c1-17-9-19-10-23-24(35-16-34-23)11-22(19)25(32(17)14-26(28,29)15-33)18-3-5-20(6-4-18)30-21-12-31(13-21)8-2-7-27/h3,5-6,10-11,17-18,21,25,30,33H,2,4,7-9,12-16H2,1H3/t17-,18?,25-/m1/s1. The Kier molecular flexibility index (Phi) is 7.01. The van der Waals surface area contributed by atoms with Crippen molar-refractivity contribution in [2.45, 2.75) is 50.2 Å². The van der Waals surface area contributed by atoms with Gasteiger partial charge in [-0.25, -0.2) is 8.78 Å². The number of nitrogens with zero attached hydrogens (tertiary/aromatic N) is 2. The summed E-state index contributed by atoms with van der Waals surface area (Å²) < 4.78 is 52.3. The summed E-state index contributed by atoms with van der Waals surface area (Å²) in [6, 6.07) is 3.90. The fourth-order valence-electron chi connectivity index (χ4n) is 5.73. The molecule has 1 saturated heterocycles. The molecule has 0 bridgehead atoms. The van der Waals surface area contributed by atoms with Crippen LogP contribution in [0.15, 0.2) is 36.1 Å². The molecule has 0 radical (unpaired) electrons. The SMILES string of the molecule is C[C@@H]1Cc2cc3c(cc2[C@@H](C2C=CC(NC4CN(CCCF)C4)=CC2)N1CC(F)(F)CO)OCO3. The molecule has 0 spiro atoms. The lowest BCUT2D eigenvalue weighted by atomic mass is 9.79. The molecular formula is C26H34F3N3O3. The van der Waals surface area contributed by atoms with E-state index in [1.807, 2.05) is 30.0 Å². The Balaban J connectivity index is 1.33. The highest BCUT2D eigenvalue weighted by Crippen LogP contribution is 2.46. The Morgan fingerprint density at radius 3 is 2.66 bits per heavy atom. The number of hydrogen-bond donors (Lipinski definition) is 2. The van der Waals surface area contributed by atoms with E-state index in [0.717, 1.165) is 36.5 Å². The molecule has 6 nitrogen and oxygen atoms in total. The highest BCUT2D eigenvalue weighted by atomic mass is 19.3. The molecule has 192 valence electrons. The van der Waals surface area contributed by atoms with E-state index in [9.17, 15) is 18.3 Å². The molecular weight excluding hydrogens is 459 g/mol. The summed E-state index contributed by atoms with van der Waals surface area (Å²) in [4.78, 5) is 4.08. The maximum absolute atomic E-state index is 14.4. The molecule has 3 atom stereocenters. The smallest absolute Gasteiger partial charge is 0.283 e. The third-order valence-corrected chi connectivity index (χ3v) is 7.51. The van der Waals surface area contributed by atoms with E-state index in [1.54, 1.807) is 0 Å². The van der Waals surface area contributed by atoms with Crippen molar-refractivity contribution in [1.82, 2.24) is 15.1 Å². The summed E-state index contributed by atoms with van der Waals surface area (Å²) in [5.74, 6) is -1.83. The zero-order valence-electron chi connectivity index (χ0n) is 20.1. The van der Waals surface area contributed by atoms with Crippen LogP contribution in [0.4, 0.5) is 13.2 Å². The van der Waals surface area contributed by atoms with E-state index < -0.39 is 19.1 Å². The normalized spacial score (nSPS) is 26.9. The summed E-state index contributed by atoms with van der Waals surface area (Å²) in [5, 5.41) is 12.8. The van der Waals surface area contributed by atoms with E-state index in [4.69, 9.17) is 9.47 Å². The van der Waals surface area contributed by atoms with Gasteiger partial charge in [0.15, 0.2) is 11.5 Å². The average molecular weight is 494 g/mol. The monoisotopic (exact) mass is 493 g/mol. The average Bonchev–Trinajstić information content (AvgIpc) is 3.27. The van der Waals surface area contributed by atoms with Crippen LogP contribution in [-0.2, 0) is 6.42 Å². The number of aliphatic hydroxyl groups excluding tert-OH is 1. The number of rotatable bonds is 9. The van der Waals surface area contributed by atoms with Crippen molar-refractivity contribution in [2.75, 3.05) is 46.3 Å². The number of nitrogens with one attached hydrogen (secondary N) is 1. The van der Waals surface area contributed by atoms with Crippen LogP contribution in [0.2, 0.25) is 0 Å². The Hall–Kier alpha value is -2.23. The Morgan fingerprint density at radius 2 is 1.97 bits per heavy atom. The van der Waals surface area contributed by atoms with Gasteiger partial charge in [-0.1, -0.05) is 12.2 Å². The molecule has 0 saturated carbocycles. The molecule has 4 aliphatic rings. The predicted octanol–water partition coefficient (Wildman–Crippen LogP) is 3.42. The molecule has 0 aromatic heterocycles. The first kappa shape index (κ1) is 24.5. The predicted molar refractivity (Wildman–Crippen MR) is 126 cm³/mol. The number of benzene rings is 1. The summed E-state index contributed by atoms with van der Waals surface area (Å²) in [6.07, 6.45) is 8.22.